The molecule has 2 rings (SSSR count). The average Bonchev–Trinajstić information content (AvgIpc) is 2.52. The van der Waals surface area contributed by atoms with Crippen molar-refractivity contribution in [2.45, 2.75) is 32.1 Å². The van der Waals surface area contributed by atoms with Gasteiger partial charge in [-0.3, -0.25) is 4.90 Å². The van der Waals surface area contributed by atoms with Crippen molar-refractivity contribution in [3.63, 3.8) is 0 Å². The van der Waals surface area contributed by atoms with E-state index in [4.69, 9.17) is 4.74 Å². The summed E-state index contributed by atoms with van der Waals surface area (Å²) in [5.74, 6) is 0.845. The maximum absolute atomic E-state index is 9.88. The van der Waals surface area contributed by atoms with Crippen LogP contribution in [0.25, 0.3) is 0 Å². The van der Waals surface area contributed by atoms with E-state index >= 15 is 0 Å². The van der Waals surface area contributed by atoms with Gasteiger partial charge in [0, 0.05) is 0 Å². The van der Waals surface area contributed by atoms with E-state index in [9.17, 15) is 5.11 Å². The van der Waals surface area contributed by atoms with E-state index in [1.54, 1.807) is 6.92 Å². The standard InChI is InChI=1S/C19H25NO2/c1-15(21)19(20(2)3)22-18-12-8-7-11-17(18)14-13-16-9-5-4-6-10-16/h4-12,15,19,21H,13-14H2,1-3H3. The number of nitrogens with zero attached hydrogens (tertiary/aromatic N) is 1. The fourth-order valence-corrected chi connectivity index (χ4v) is 2.51. The van der Waals surface area contributed by atoms with Crippen LogP contribution in [0.5, 0.6) is 5.75 Å². The molecular weight excluding hydrogens is 274 g/mol. The Labute approximate surface area is 133 Å². The molecule has 1 N–H and O–H groups in total. The summed E-state index contributed by atoms with van der Waals surface area (Å²) in [6.45, 7) is 1.75. The van der Waals surface area contributed by atoms with Crippen molar-refractivity contribution in [2.75, 3.05) is 14.1 Å². The highest BCUT2D eigenvalue weighted by atomic mass is 16.5. The number of hydrogen-bond donors (Lipinski definition) is 1. The van der Waals surface area contributed by atoms with Gasteiger partial charge in [0.05, 0.1) is 0 Å². The first-order chi connectivity index (χ1) is 10.6. The third kappa shape index (κ3) is 4.58. The van der Waals surface area contributed by atoms with Crippen LogP contribution >= 0.6 is 0 Å². The Hall–Kier alpha value is -1.84. The molecule has 2 aromatic rings. The van der Waals surface area contributed by atoms with Crippen molar-refractivity contribution < 1.29 is 9.84 Å². The van der Waals surface area contributed by atoms with E-state index in [1.165, 1.54) is 11.1 Å². The number of aliphatic hydroxyl groups is 1. The molecule has 22 heavy (non-hydrogen) atoms. The molecule has 118 valence electrons. The number of ether oxygens (including phenoxy) is 1. The predicted molar refractivity (Wildman–Crippen MR) is 90.1 cm³/mol. The van der Waals surface area contributed by atoms with Gasteiger partial charge in [-0.15, -0.1) is 0 Å². The molecule has 2 aromatic carbocycles. The summed E-state index contributed by atoms with van der Waals surface area (Å²) < 4.78 is 6.03. The minimum Gasteiger partial charge on any atom is -0.472 e. The molecule has 2 unspecified atom stereocenters. The zero-order valence-electron chi connectivity index (χ0n) is 13.6. The first kappa shape index (κ1) is 16.5. The fourth-order valence-electron chi connectivity index (χ4n) is 2.51. The molecule has 0 fully saturated rings. The van der Waals surface area contributed by atoms with Crippen molar-refractivity contribution in [2.24, 2.45) is 0 Å². The molecule has 0 spiro atoms. The van der Waals surface area contributed by atoms with Crippen LogP contribution in [0.3, 0.4) is 0 Å². The van der Waals surface area contributed by atoms with Crippen LogP contribution in [-0.4, -0.2) is 36.4 Å². The first-order valence-electron chi connectivity index (χ1n) is 7.71. The molecule has 3 heteroatoms. The Morgan fingerprint density at radius 2 is 1.59 bits per heavy atom. The van der Waals surface area contributed by atoms with E-state index in [2.05, 4.69) is 30.3 Å². The molecule has 0 aliphatic heterocycles. The van der Waals surface area contributed by atoms with E-state index in [0.717, 1.165) is 18.6 Å². The van der Waals surface area contributed by atoms with Crippen molar-refractivity contribution in [3.8, 4) is 5.75 Å². The molecule has 0 radical (unpaired) electrons. The van der Waals surface area contributed by atoms with E-state index in [1.807, 2.05) is 43.3 Å². The highest BCUT2D eigenvalue weighted by molar-refractivity contribution is 5.34. The van der Waals surface area contributed by atoms with Crippen LogP contribution in [0.4, 0.5) is 0 Å². The van der Waals surface area contributed by atoms with Gasteiger partial charge in [-0.25, -0.2) is 0 Å². The number of rotatable bonds is 7. The molecule has 0 heterocycles. The normalized spacial score (nSPS) is 13.9. The zero-order chi connectivity index (χ0) is 15.9. The molecule has 0 bridgehead atoms. The van der Waals surface area contributed by atoms with Crippen LogP contribution in [0.2, 0.25) is 0 Å². The molecule has 0 saturated heterocycles. The summed E-state index contributed by atoms with van der Waals surface area (Å²) in [7, 11) is 3.81. The van der Waals surface area contributed by atoms with Gasteiger partial charge in [-0.05, 0) is 51.1 Å². The summed E-state index contributed by atoms with van der Waals surface area (Å²) in [4.78, 5) is 1.89. The van der Waals surface area contributed by atoms with Crippen LogP contribution in [-0.2, 0) is 12.8 Å². The van der Waals surface area contributed by atoms with Gasteiger partial charge in [0.25, 0.3) is 0 Å². The smallest absolute Gasteiger partial charge is 0.177 e. The topological polar surface area (TPSA) is 32.7 Å². The first-order valence-corrected chi connectivity index (χ1v) is 7.71. The molecule has 2 atom stereocenters. The van der Waals surface area contributed by atoms with Crippen LogP contribution < -0.4 is 4.74 Å². The third-order valence-corrected chi connectivity index (χ3v) is 3.67. The number of benzene rings is 2. The molecule has 0 aliphatic rings. The van der Waals surface area contributed by atoms with Gasteiger partial charge in [0.15, 0.2) is 6.23 Å². The maximum atomic E-state index is 9.88. The number of hydrogen-bond acceptors (Lipinski definition) is 3. The Kier molecular flexibility index (Phi) is 5.99. The number of aliphatic hydroxyl groups excluding tert-OH is 1. The highest BCUT2D eigenvalue weighted by Gasteiger charge is 2.20. The van der Waals surface area contributed by atoms with Gasteiger partial charge in [0.2, 0.25) is 0 Å². The lowest BCUT2D eigenvalue weighted by Crippen LogP contribution is -2.42. The monoisotopic (exact) mass is 299 g/mol. The summed E-state index contributed by atoms with van der Waals surface area (Å²) in [5.41, 5.74) is 2.48. The largest absolute Gasteiger partial charge is 0.472 e. The van der Waals surface area contributed by atoms with Crippen LogP contribution in [0, 0.1) is 0 Å². The number of para-hydroxylation sites is 1. The molecule has 0 aromatic heterocycles. The van der Waals surface area contributed by atoms with E-state index in [-0.39, 0.29) is 6.23 Å². The Balaban J connectivity index is 2.09. The summed E-state index contributed by atoms with van der Waals surface area (Å²) in [6.07, 6.45) is 0.984. The van der Waals surface area contributed by atoms with Crippen LogP contribution in [0.15, 0.2) is 54.6 Å². The average molecular weight is 299 g/mol. The maximum Gasteiger partial charge on any atom is 0.177 e. The second-order valence-corrected chi connectivity index (χ2v) is 5.81. The van der Waals surface area contributed by atoms with E-state index < -0.39 is 6.10 Å². The van der Waals surface area contributed by atoms with Crippen molar-refractivity contribution in [1.82, 2.24) is 4.90 Å². The number of aryl methyl sites for hydroxylation is 2. The zero-order valence-corrected chi connectivity index (χ0v) is 13.6. The fraction of sp³-hybridized carbons (Fsp3) is 0.368. The summed E-state index contributed by atoms with van der Waals surface area (Å²) in [5, 5.41) is 9.88. The highest BCUT2D eigenvalue weighted by Crippen LogP contribution is 2.22. The van der Waals surface area contributed by atoms with Gasteiger partial charge < -0.3 is 9.84 Å². The molecule has 3 nitrogen and oxygen atoms in total. The predicted octanol–water partition coefficient (Wildman–Crippen LogP) is 3.12. The Morgan fingerprint density at radius 1 is 0.955 bits per heavy atom. The lowest BCUT2D eigenvalue weighted by atomic mass is 10.0. The third-order valence-electron chi connectivity index (χ3n) is 3.67. The lowest BCUT2D eigenvalue weighted by molar-refractivity contribution is -0.0353. The van der Waals surface area contributed by atoms with Gasteiger partial charge >= 0.3 is 0 Å². The second kappa shape index (κ2) is 7.97. The minimum absolute atomic E-state index is 0.349. The van der Waals surface area contributed by atoms with Crippen LogP contribution in [0.1, 0.15) is 18.1 Å². The lowest BCUT2D eigenvalue weighted by Gasteiger charge is -2.28. The molecular formula is C19H25NO2. The van der Waals surface area contributed by atoms with Gasteiger partial charge in [-0.2, -0.15) is 0 Å². The molecule has 0 saturated carbocycles. The SMILES string of the molecule is CC(O)C(Oc1ccccc1CCc1ccccc1)N(C)C. The van der Waals surface area contributed by atoms with Gasteiger partial charge in [-0.1, -0.05) is 48.5 Å². The minimum atomic E-state index is -0.558. The quantitative estimate of drug-likeness (QED) is 0.797. The Bertz CT molecular complexity index is 559. The number of likely N-dealkylation sites (N-methyl/N-ethyl adjacent to an activating group) is 1. The Morgan fingerprint density at radius 3 is 2.23 bits per heavy atom. The molecule has 0 aliphatic carbocycles. The second-order valence-electron chi connectivity index (χ2n) is 5.81. The van der Waals surface area contributed by atoms with Gasteiger partial charge in [0.1, 0.15) is 11.9 Å². The van der Waals surface area contributed by atoms with E-state index in [0.29, 0.717) is 0 Å². The summed E-state index contributed by atoms with van der Waals surface area (Å²) >= 11 is 0. The molecule has 0 amide bonds. The van der Waals surface area contributed by atoms with Crippen molar-refractivity contribution >= 4 is 0 Å². The van der Waals surface area contributed by atoms with Crippen molar-refractivity contribution in [1.29, 1.82) is 0 Å². The van der Waals surface area contributed by atoms with Crippen molar-refractivity contribution in [3.05, 3.63) is 65.7 Å². The summed E-state index contributed by atoms with van der Waals surface area (Å²) in [6, 6.07) is 18.5.